The van der Waals surface area contributed by atoms with E-state index in [1.165, 1.54) is 37.8 Å². The van der Waals surface area contributed by atoms with Gasteiger partial charge < -0.3 is 10.6 Å². The molecule has 2 heterocycles. The highest BCUT2D eigenvalue weighted by Gasteiger charge is 2.14. The number of benzene rings is 1. The van der Waals surface area contributed by atoms with Crippen molar-refractivity contribution < 1.29 is 4.39 Å². The lowest BCUT2D eigenvalue weighted by molar-refractivity contribution is 0.628. The molecular formula is C16H19FN4. The second-order valence-electron chi connectivity index (χ2n) is 5.38. The third-order valence-electron chi connectivity index (χ3n) is 3.85. The summed E-state index contributed by atoms with van der Waals surface area (Å²) in [5.41, 5.74) is 7.64. The molecular weight excluding hydrogens is 267 g/mol. The van der Waals surface area contributed by atoms with Gasteiger partial charge in [0.2, 0.25) is 5.95 Å². The van der Waals surface area contributed by atoms with E-state index in [2.05, 4.69) is 14.9 Å². The summed E-state index contributed by atoms with van der Waals surface area (Å²) in [6.45, 7) is 1.96. The van der Waals surface area contributed by atoms with Gasteiger partial charge >= 0.3 is 0 Å². The second kappa shape index (κ2) is 6.08. The lowest BCUT2D eigenvalue weighted by Crippen LogP contribution is -2.26. The number of nitrogen functional groups attached to an aromatic ring is 1. The van der Waals surface area contributed by atoms with Gasteiger partial charge in [-0.3, -0.25) is 0 Å². The third-order valence-corrected chi connectivity index (χ3v) is 3.85. The van der Waals surface area contributed by atoms with Crippen LogP contribution in [0.2, 0.25) is 0 Å². The summed E-state index contributed by atoms with van der Waals surface area (Å²) in [6.07, 6.45) is 6.60. The van der Waals surface area contributed by atoms with E-state index < -0.39 is 0 Å². The molecule has 1 saturated heterocycles. The molecule has 1 aliphatic heterocycles. The maximum Gasteiger partial charge on any atom is 0.227 e. The SMILES string of the molecule is Nc1nc(N2CCCCCC2)ncc1-c1ccc(F)cc1. The van der Waals surface area contributed by atoms with Gasteiger partial charge in [0, 0.05) is 24.8 Å². The Hall–Kier alpha value is -2.17. The average Bonchev–Trinajstić information content (AvgIpc) is 2.77. The van der Waals surface area contributed by atoms with Gasteiger partial charge in [-0.15, -0.1) is 0 Å². The average molecular weight is 286 g/mol. The van der Waals surface area contributed by atoms with Crippen LogP contribution in [0.4, 0.5) is 16.2 Å². The molecule has 1 fully saturated rings. The van der Waals surface area contributed by atoms with Crippen LogP contribution < -0.4 is 10.6 Å². The van der Waals surface area contributed by atoms with E-state index in [1.54, 1.807) is 18.3 Å². The van der Waals surface area contributed by atoms with Gasteiger partial charge in [0.25, 0.3) is 0 Å². The normalized spacial score (nSPS) is 15.8. The fraction of sp³-hybridized carbons (Fsp3) is 0.375. The maximum atomic E-state index is 13.0. The molecule has 5 heteroatoms. The first-order chi connectivity index (χ1) is 10.2. The van der Waals surface area contributed by atoms with E-state index in [-0.39, 0.29) is 5.82 Å². The van der Waals surface area contributed by atoms with Gasteiger partial charge in [-0.05, 0) is 30.5 Å². The number of rotatable bonds is 2. The molecule has 4 nitrogen and oxygen atoms in total. The molecule has 0 aliphatic carbocycles. The predicted molar refractivity (Wildman–Crippen MR) is 82.5 cm³/mol. The van der Waals surface area contributed by atoms with Crippen molar-refractivity contribution in [2.24, 2.45) is 0 Å². The molecule has 1 aromatic carbocycles. The third kappa shape index (κ3) is 3.12. The van der Waals surface area contributed by atoms with E-state index in [0.29, 0.717) is 11.8 Å². The summed E-state index contributed by atoms with van der Waals surface area (Å²) < 4.78 is 13.0. The first-order valence-corrected chi connectivity index (χ1v) is 7.37. The topological polar surface area (TPSA) is 55.0 Å². The number of aromatic nitrogens is 2. The summed E-state index contributed by atoms with van der Waals surface area (Å²) in [5, 5.41) is 0. The van der Waals surface area contributed by atoms with Crippen LogP contribution in [0.1, 0.15) is 25.7 Å². The first-order valence-electron chi connectivity index (χ1n) is 7.37. The molecule has 110 valence electrons. The molecule has 0 bridgehead atoms. The number of hydrogen-bond acceptors (Lipinski definition) is 4. The smallest absolute Gasteiger partial charge is 0.227 e. The van der Waals surface area contributed by atoms with Crippen LogP contribution in [0.5, 0.6) is 0 Å². The molecule has 1 aromatic heterocycles. The Kier molecular flexibility index (Phi) is 3.99. The lowest BCUT2D eigenvalue weighted by Gasteiger charge is -2.20. The predicted octanol–water partition coefficient (Wildman–Crippen LogP) is 3.25. The Bertz CT molecular complexity index is 604. The Labute approximate surface area is 123 Å². The molecule has 0 spiro atoms. The molecule has 0 saturated carbocycles. The Morgan fingerprint density at radius 3 is 2.29 bits per heavy atom. The van der Waals surface area contributed by atoms with Crippen molar-refractivity contribution in [3.8, 4) is 11.1 Å². The minimum atomic E-state index is -0.264. The van der Waals surface area contributed by atoms with Crippen LogP contribution in [-0.4, -0.2) is 23.1 Å². The van der Waals surface area contributed by atoms with E-state index in [1.807, 2.05) is 0 Å². The van der Waals surface area contributed by atoms with Crippen molar-refractivity contribution in [3.63, 3.8) is 0 Å². The Morgan fingerprint density at radius 2 is 1.67 bits per heavy atom. The molecule has 0 amide bonds. The summed E-state index contributed by atoms with van der Waals surface area (Å²) in [7, 11) is 0. The number of hydrogen-bond donors (Lipinski definition) is 1. The van der Waals surface area contributed by atoms with Crippen LogP contribution in [0.15, 0.2) is 30.5 Å². The quantitative estimate of drug-likeness (QED) is 0.920. The van der Waals surface area contributed by atoms with Gasteiger partial charge in [-0.25, -0.2) is 9.37 Å². The standard InChI is InChI=1S/C16H19FN4/c17-13-7-5-12(6-8-13)14-11-19-16(20-15(14)18)21-9-3-1-2-4-10-21/h5-8,11H,1-4,9-10H2,(H2,18,19,20). The molecule has 0 unspecified atom stereocenters. The van der Waals surface area contributed by atoms with Gasteiger partial charge in [-0.1, -0.05) is 25.0 Å². The van der Waals surface area contributed by atoms with Crippen LogP contribution in [0.25, 0.3) is 11.1 Å². The zero-order valence-electron chi connectivity index (χ0n) is 11.9. The number of anilines is 2. The minimum absolute atomic E-state index is 0.264. The van der Waals surface area contributed by atoms with E-state index in [9.17, 15) is 4.39 Å². The Balaban J connectivity index is 1.86. The van der Waals surface area contributed by atoms with Gasteiger partial charge in [0.05, 0.1) is 0 Å². The second-order valence-corrected chi connectivity index (χ2v) is 5.38. The Morgan fingerprint density at radius 1 is 1.00 bits per heavy atom. The van der Waals surface area contributed by atoms with Crippen LogP contribution in [0, 0.1) is 5.82 Å². The van der Waals surface area contributed by atoms with Crippen LogP contribution in [0.3, 0.4) is 0 Å². The van der Waals surface area contributed by atoms with Crippen molar-refractivity contribution in [1.82, 2.24) is 9.97 Å². The minimum Gasteiger partial charge on any atom is -0.383 e. The number of nitrogens with two attached hydrogens (primary N) is 1. The summed E-state index contributed by atoms with van der Waals surface area (Å²) >= 11 is 0. The van der Waals surface area contributed by atoms with E-state index >= 15 is 0 Å². The fourth-order valence-electron chi connectivity index (χ4n) is 2.66. The molecule has 21 heavy (non-hydrogen) atoms. The molecule has 1 aliphatic rings. The zero-order chi connectivity index (χ0) is 14.7. The van der Waals surface area contributed by atoms with Crippen molar-refractivity contribution in [3.05, 3.63) is 36.3 Å². The maximum absolute atomic E-state index is 13.0. The van der Waals surface area contributed by atoms with Gasteiger partial charge in [-0.2, -0.15) is 4.98 Å². The molecule has 2 N–H and O–H groups in total. The number of halogens is 1. The molecule has 0 atom stereocenters. The largest absolute Gasteiger partial charge is 0.383 e. The van der Waals surface area contributed by atoms with E-state index in [4.69, 9.17) is 5.73 Å². The highest BCUT2D eigenvalue weighted by Crippen LogP contribution is 2.26. The van der Waals surface area contributed by atoms with Gasteiger partial charge in [0.1, 0.15) is 11.6 Å². The summed E-state index contributed by atoms with van der Waals surface area (Å²) in [5.74, 6) is 0.871. The summed E-state index contributed by atoms with van der Waals surface area (Å²) in [6, 6.07) is 6.21. The molecule has 0 radical (unpaired) electrons. The van der Waals surface area contributed by atoms with Gasteiger partial charge in [0.15, 0.2) is 0 Å². The fourth-order valence-corrected chi connectivity index (χ4v) is 2.66. The first kappa shape index (κ1) is 13.8. The molecule has 2 aromatic rings. The van der Waals surface area contributed by atoms with E-state index in [0.717, 1.165) is 24.2 Å². The highest BCUT2D eigenvalue weighted by atomic mass is 19.1. The number of nitrogens with zero attached hydrogens (tertiary/aromatic N) is 3. The van der Waals surface area contributed by atoms with Crippen molar-refractivity contribution in [2.45, 2.75) is 25.7 Å². The van der Waals surface area contributed by atoms with Crippen LogP contribution >= 0.6 is 0 Å². The highest BCUT2D eigenvalue weighted by molar-refractivity contribution is 5.73. The zero-order valence-corrected chi connectivity index (χ0v) is 11.9. The van der Waals surface area contributed by atoms with Crippen molar-refractivity contribution >= 4 is 11.8 Å². The van der Waals surface area contributed by atoms with Crippen LogP contribution in [-0.2, 0) is 0 Å². The molecule has 3 rings (SSSR count). The van der Waals surface area contributed by atoms with Crippen molar-refractivity contribution in [2.75, 3.05) is 23.7 Å². The summed E-state index contributed by atoms with van der Waals surface area (Å²) in [4.78, 5) is 11.1. The van der Waals surface area contributed by atoms with Crippen molar-refractivity contribution in [1.29, 1.82) is 0 Å². The lowest BCUT2D eigenvalue weighted by atomic mass is 10.1. The monoisotopic (exact) mass is 286 g/mol.